The first-order valence-electron chi connectivity index (χ1n) is 17.3. The number of aromatic nitrogens is 1. The fourth-order valence-corrected chi connectivity index (χ4v) is 4.10. The second-order valence-corrected chi connectivity index (χ2v) is 9.18. The van der Waals surface area contributed by atoms with Crippen LogP contribution in [0.2, 0.25) is 0 Å². The van der Waals surface area contributed by atoms with Crippen molar-refractivity contribution in [3.63, 3.8) is 0 Å². The van der Waals surface area contributed by atoms with E-state index in [2.05, 4.69) is 0 Å². The van der Waals surface area contributed by atoms with Crippen LogP contribution in [0.25, 0.3) is 38.6 Å². The van der Waals surface area contributed by atoms with Gasteiger partial charge in [0.1, 0.15) is 0 Å². The van der Waals surface area contributed by atoms with Crippen LogP contribution >= 0.6 is 0 Å². The highest BCUT2D eigenvalue weighted by molar-refractivity contribution is 6.62. The van der Waals surface area contributed by atoms with Crippen LogP contribution in [0.15, 0.2) is 96.8 Å². The fourth-order valence-electron chi connectivity index (χ4n) is 4.10. The molecule has 4 aromatic carbocycles. The largest absolute Gasteiger partial charge is 0.494 e. The summed E-state index contributed by atoms with van der Waals surface area (Å²) < 4.78 is 125. The summed E-state index contributed by atoms with van der Waals surface area (Å²) in [6, 6.07) is -2.45. The van der Waals surface area contributed by atoms with Gasteiger partial charge in [0.15, 0.2) is 0 Å². The topological polar surface area (TPSA) is 23.4 Å². The van der Waals surface area contributed by atoms with Gasteiger partial charge >= 0.3 is 7.12 Å². The molecule has 3 nitrogen and oxygen atoms in total. The van der Waals surface area contributed by atoms with E-state index < -0.39 is 96.9 Å². The van der Waals surface area contributed by atoms with Crippen molar-refractivity contribution in [3.8, 4) is 16.8 Å². The number of nitrogens with zero attached hydrogens (tertiary/aromatic N) is 1. The van der Waals surface area contributed by atoms with Gasteiger partial charge in [-0.25, -0.2) is 0 Å². The van der Waals surface area contributed by atoms with Gasteiger partial charge in [-0.15, -0.1) is 0 Å². The van der Waals surface area contributed by atoms with Gasteiger partial charge in [0.2, 0.25) is 0 Å². The molecule has 1 aliphatic heterocycles. The summed E-state index contributed by atoms with van der Waals surface area (Å²) in [6.45, 7) is 7.36. The molecule has 0 atom stereocenters. The summed E-state index contributed by atoms with van der Waals surface area (Å²) in [5.74, 6) is 0. The maximum Gasteiger partial charge on any atom is 0.494 e. The van der Waals surface area contributed by atoms with Crippen molar-refractivity contribution >= 4 is 34.4 Å². The molecule has 5 aromatic rings. The normalized spacial score (nSPS) is 22.4. The van der Waals surface area contributed by atoms with E-state index in [9.17, 15) is 0 Å². The lowest BCUT2D eigenvalue weighted by molar-refractivity contribution is 0.00578. The third-order valence-electron chi connectivity index (χ3n) is 6.55. The summed E-state index contributed by atoms with van der Waals surface area (Å²) in [4.78, 5) is 0. The second kappa shape index (κ2) is 7.59. The molecular weight excluding hydrogens is 417 g/mol. The van der Waals surface area contributed by atoms with Gasteiger partial charge in [-0.05, 0) is 68.5 Å². The van der Waals surface area contributed by atoms with E-state index >= 15 is 0 Å². The van der Waals surface area contributed by atoms with Crippen molar-refractivity contribution in [2.45, 2.75) is 38.9 Å². The number of fused-ring (bicyclic) bond motifs is 3. The van der Waals surface area contributed by atoms with Gasteiger partial charge in [-0.3, -0.25) is 0 Å². The molecule has 0 amide bonds. The molecule has 1 aliphatic rings. The highest BCUT2D eigenvalue weighted by Crippen LogP contribution is 2.38. The summed E-state index contributed by atoms with van der Waals surface area (Å²) >= 11 is 0. The molecule has 0 saturated carbocycles. The molecule has 6 rings (SSSR count). The Morgan fingerprint density at radius 1 is 0.647 bits per heavy atom. The minimum absolute atomic E-state index is 0.120. The average Bonchev–Trinajstić information content (AvgIpc) is 3.49. The maximum absolute atomic E-state index is 8.88. The minimum Gasteiger partial charge on any atom is -0.399 e. The Morgan fingerprint density at radius 2 is 1.18 bits per heavy atom. The Bertz CT molecular complexity index is 2090. The fraction of sp³-hybridized carbons (Fsp3) is 0.200. The molecule has 0 radical (unpaired) electrons. The molecule has 0 aliphatic carbocycles. The molecule has 2 heterocycles. The molecule has 168 valence electrons. The monoisotopic (exact) mass is 458 g/mol. The van der Waals surface area contributed by atoms with Crippen LogP contribution in [0.4, 0.5) is 0 Å². The molecule has 4 heteroatoms. The van der Waals surface area contributed by atoms with Crippen LogP contribution in [-0.4, -0.2) is 22.9 Å². The van der Waals surface area contributed by atoms with Crippen LogP contribution in [0.5, 0.6) is 0 Å². The number of benzene rings is 4. The van der Waals surface area contributed by atoms with Gasteiger partial charge in [0, 0.05) is 16.5 Å². The molecule has 0 spiro atoms. The van der Waals surface area contributed by atoms with E-state index in [4.69, 9.17) is 27.1 Å². The van der Waals surface area contributed by atoms with Gasteiger partial charge in [0.05, 0.1) is 40.1 Å². The zero-order chi connectivity index (χ0) is 34.8. The lowest BCUT2D eigenvalue weighted by Crippen LogP contribution is -2.41. The van der Waals surface area contributed by atoms with E-state index in [0.29, 0.717) is 5.46 Å². The highest BCUT2D eigenvalue weighted by Gasteiger charge is 2.51. The third-order valence-corrected chi connectivity index (χ3v) is 6.55. The summed E-state index contributed by atoms with van der Waals surface area (Å²) in [6.07, 6.45) is 0. The molecule has 1 fully saturated rings. The lowest BCUT2D eigenvalue weighted by Gasteiger charge is -2.32. The van der Waals surface area contributed by atoms with Crippen LogP contribution < -0.4 is 5.46 Å². The molecular formula is C30H28BNO2. The molecule has 1 aromatic heterocycles. The van der Waals surface area contributed by atoms with Crippen molar-refractivity contribution in [3.05, 3.63) is 96.8 Å². The van der Waals surface area contributed by atoms with Gasteiger partial charge in [-0.2, -0.15) is 0 Å². The van der Waals surface area contributed by atoms with Gasteiger partial charge in [0.25, 0.3) is 0 Å². The molecule has 0 unspecified atom stereocenters. The van der Waals surface area contributed by atoms with E-state index in [1.165, 1.54) is 10.6 Å². The number of para-hydroxylation sites is 2. The van der Waals surface area contributed by atoms with Crippen molar-refractivity contribution < 1.29 is 27.1 Å². The zero-order valence-corrected chi connectivity index (χ0v) is 19.1. The van der Waals surface area contributed by atoms with Crippen LogP contribution in [-0.2, 0) is 9.31 Å². The molecule has 0 bridgehead atoms. The Kier molecular flexibility index (Phi) is 2.54. The zero-order valence-electron chi connectivity index (χ0n) is 32.1. The van der Waals surface area contributed by atoms with Gasteiger partial charge < -0.3 is 13.9 Å². The Balaban J connectivity index is 1.83. The minimum atomic E-state index is -1.03. The smallest absolute Gasteiger partial charge is 0.399 e. The van der Waals surface area contributed by atoms with Crippen LogP contribution in [0.1, 0.15) is 45.5 Å². The lowest BCUT2D eigenvalue weighted by atomic mass is 9.77. The number of hydrogen-bond acceptors (Lipinski definition) is 2. The Hall–Kier alpha value is -3.34. The molecule has 0 N–H and O–H groups in total. The van der Waals surface area contributed by atoms with Crippen molar-refractivity contribution in [2.24, 2.45) is 0 Å². The van der Waals surface area contributed by atoms with E-state index in [0.717, 1.165) is 0 Å². The number of rotatable bonds is 3. The van der Waals surface area contributed by atoms with Gasteiger partial charge in [-0.1, -0.05) is 72.5 Å². The third kappa shape index (κ3) is 3.29. The van der Waals surface area contributed by atoms with Crippen molar-refractivity contribution in [2.75, 3.05) is 0 Å². The first-order valence-corrected chi connectivity index (χ1v) is 10.8. The summed E-state index contributed by atoms with van der Waals surface area (Å²) in [5.41, 5.74) is -1.42. The van der Waals surface area contributed by atoms with Crippen molar-refractivity contribution in [1.29, 1.82) is 0 Å². The summed E-state index contributed by atoms with van der Waals surface area (Å²) in [5, 5.41) is -0.244. The van der Waals surface area contributed by atoms with E-state index in [-0.39, 0.29) is 38.6 Å². The number of hydrogen-bond donors (Lipinski definition) is 0. The second-order valence-electron chi connectivity index (χ2n) is 9.18. The first-order chi connectivity index (χ1) is 21.7. The van der Waals surface area contributed by atoms with E-state index in [1.54, 1.807) is 12.1 Å². The Labute approximate surface area is 219 Å². The maximum atomic E-state index is 8.88. The summed E-state index contributed by atoms with van der Waals surface area (Å²) in [7, 11) is -1.03. The van der Waals surface area contributed by atoms with E-state index in [1.807, 2.05) is 27.7 Å². The Morgan fingerprint density at radius 3 is 1.76 bits per heavy atom. The SMILES string of the molecule is [2H]c1c([2H])c([2H])c(-c2cc(B3OC(C)(C)C(C)(C)O3)cc(-n3c4c([2H])c([2H])c([2H])c([2H])c4c4c([2H])c([2H])c([2H])c([2H])c43)c2)c([2H])c1[2H]. The first kappa shape index (κ1) is 11.4. The quantitative estimate of drug-likeness (QED) is 0.279. The van der Waals surface area contributed by atoms with Crippen LogP contribution in [0.3, 0.4) is 0 Å². The predicted octanol–water partition coefficient (Wildman–Crippen LogP) is 6.75. The average molecular weight is 458 g/mol. The highest BCUT2D eigenvalue weighted by atomic mass is 16.7. The molecule has 1 saturated heterocycles. The van der Waals surface area contributed by atoms with Crippen molar-refractivity contribution in [1.82, 2.24) is 4.57 Å². The van der Waals surface area contributed by atoms with Crippen LogP contribution in [0, 0.1) is 0 Å². The molecule has 34 heavy (non-hydrogen) atoms. The predicted molar refractivity (Wildman–Crippen MR) is 142 cm³/mol. The standard InChI is InChI=1S/C30H28BNO2/c1-29(2)30(3,4)34-31(33-29)23-18-22(21-12-6-5-7-13-21)19-24(20-23)32-27-16-10-8-14-25(27)26-15-9-11-17-28(26)32/h5-20H,1-4H3/i5D,6D,7D,8D,9D,10D,11D,12D,13D,14D,15D,16D,17D.